The maximum Gasteiger partial charge on any atom is 0.241 e. The van der Waals surface area contributed by atoms with Crippen molar-refractivity contribution in [2.45, 2.75) is 25.4 Å². The summed E-state index contributed by atoms with van der Waals surface area (Å²) in [6.45, 7) is 2.02. The third-order valence-corrected chi connectivity index (χ3v) is 3.53. The molecule has 2 N–H and O–H groups in total. The first kappa shape index (κ1) is 14.5. The van der Waals surface area contributed by atoms with Crippen LogP contribution in [0.1, 0.15) is 12.8 Å². The first-order valence-electron chi connectivity index (χ1n) is 7.41. The highest BCUT2D eigenvalue weighted by atomic mass is 16.5. The van der Waals surface area contributed by atoms with E-state index in [1.807, 2.05) is 24.3 Å². The number of ether oxygens (including phenoxy) is 1. The molecular formula is C15H19N5O2. The van der Waals surface area contributed by atoms with Crippen LogP contribution in [-0.4, -0.2) is 39.9 Å². The van der Waals surface area contributed by atoms with Crippen LogP contribution in [0.3, 0.4) is 0 Å². The van der Waals surface area contributed by atoms with Crippen molar-refractivity contribution in [3.05, 3.63) is 36.9 Å². The van der Waals surface area contributed by atoms with E-state index < -0.39 is 0 Å². The predicted octanol–water partition coefficient (Wildman–Crippen LogP) is 1.05. The van der Waals surface area contributed by atoms with Gasteiger partial charge in [0.05, 0.1) is 12.6 Å². The first-order valence-corrected chi connectivity index (χ1v) is 7.41. The molecule has 0 saturated carbocycles. The summed E-state index contributed by atoms with van der Waals surface area (Å²) in [5, 5.41) is 10.1. The first-order chi connectivity index (χ1) is 10.8. The molecule has 0 spiro atoms. The lowest BCUT2D eigenvalue weighted by molar-refractivity contribution is -0.117. The fraction of sp³-hybridized carbons (Fsp3) is 0.400. The van der Waals surface area contributed by atoms with Gasteiger partial charge < -0.3 is 15.4 Å². The summed E-state index contributed by atoms with van der Waals surface area (Å²) in [6, 6.07) is 7.33. The summed E-state index contributed by atoms with van der Waals surface area (Å²) in [5.74, 6) is 0.731. The van der Waals surface area contributed by atoms with Crippen LogP contribution in [0.15, 0.2) is 36.9 Å². The second-order valence-electron chi connectivity index (χ2n) is 5.17. The van der Waals surface area contributed by atoms with Crippen molar-refractivity contribution in [1.29, 1.82) is 0 Å². The molecule has 1 amide bonds. The van der Waals surface area contributed by atoms with E-state index in [1.54, 1.807) is 11.0 Å². The highest BCUT2D eigenvalue weighted by Gasteiger charge is 2.21. The van der Waals surface area contributed by atoms with Crippen molar-refractivity contribution >= 4 is 11.6 Å². The number of rotatable bonds is 6. The molecule has 1 unspecified atom stereocenters. The number of aromatic nitrogens is 3. The molecule has 22 heavy (non-hydrogen) atoms. The molecule has 1 aliphatic rings. The van der Waals surface area contributed by atoms with Gasteiger partial charge in [-0.2, -0.15) is 5.10 Å². The molecule has 7 heteroatoms. The largest absolute Gasteiger partial charge is 0.492 e. The molecule has 1 aliphatic heterocycles. The van der Waals surface area contributed by atoms with Crippen LogP contribution in [0, 0.1) is 0 Å². The summed E-state index contributed by atoms with van der Waals surface area (Å²) >= 11 is 0. The standard InChI is InChI=1S/C15H19N5O2/c21-15(14-5-2-6-17-14)19-12-3-1-4-13(9-12)22-8-7-20-11-16-10-18-20/h1,3-4,9-11,14,17H,2,5-8H2,(H,19,21). The van der Waals surface area contributed by atoms with E-state index in [4.69, 9.17) is 4.74 Å². The van der Waals surface area contributed by atoms with Crippen molar-refractivity contribution in [1.82, 2.24) is 20.1 Å². The Morgan fingerprint density at radius 3 is 3.23 bits per heavy atom. The summed E-state index contributed by atoms with van der Waals surface area (Å²) in [7, 11) is 0. The molecule has 2 heterocycles. The SMILES string of the molecule is O=C(Nc1cccc(OCCn2cncn2)c1)C1CCCN1. The normalized spacial score (nSPS) is 17.4. The number of nitrogens with one attached hydrogen (secondary N) is 2. The molecule has 1 aromatic carbocycles. The number of hydrogen-bond donors (Lipinski definition) is 2. The van der Waals surface area contributed by atoms with Gasteiger partial charge in [0.2, 0.25) is 5.91 Å². The van der Waals surface area contributed by atoms with Crippen LogP contribution in [0.5, 0.6) is 5.75 Å². The lowest BCUT2D eigenvalue weighted by Crippen LogP contribution is -2.35. The lowest BCUT2D eigenvalue weighted by Gasteiger charge is -2.12. The van der Waals surface area contributed by atoms with Crippen LogP contribution >= 0.6 is 0 Å². The molecule has 2 aromatic rings. The number of anilines is 1. The van der Waals surface area contributed by atoms with Crippen molar-refractivity contribution in [2.75, 3.05) is 18.5 Å². The Kier molecular flexibility index (Phi) is 4.65. The highest BCUT2D eigenvalue weighted by molar-refractivity contribution is 5.95. The lowest BCUT2D eigenvalue weighted by atomic mass is 10.2. The number of amides is 1. The van der Waals surface area contributed by atoms with Gasteiger partial charge in [0.15, 0.2) is 0 Å². The second kappa shape index (κ2) is 7.04. The summed E-state index contributed by atoms with van der Waals surface area (Å²) in [5.41, 5.74) is 0.747. The minimum atomic E-state index is -0.0862. The molecule has 0 aliphatic carbocycles. The predicted molar refractivity (Wildman–Crippen MR) is 81.6 cm³/mol. The molecule has 1 aromatic heterocycles. The molecule has 1 saturated heterocycles. The van der Waals surface area contributed by atoms with Gasteiger partial charge in [0.1, 0.15) is 25.0 Å². The number of hydrogen-bond acceptors (Lipinski definition) is 5. The fourth-order valence-corrected chi connectivity index (χ4v) is 2.41. The monoisotopic (exact) mass is 301 g/mol. The summed E-state index contributed by atoms with van der Waals surface area (Å²) in [6.07, 6.45) is 5.07. The zero-order chi connectivity index (χ0) is 15.2. The Labute approximate surface area is 128 Å². The average Bonchev–Trinajstić information content (AvgIpc) is 3.21. The van der Waals surface area contributed by atoms with E-state index in [0.717, 1.165) is 30.8 Å². The summed E-state index contributed by atoms with van der Waals surface area (Å²) < 4.78 is 7.38. The van der Waals surface area contributed by atoms with Gasteiger partial charge in [0.25, 0.3) is 0 Å². The Morgan fingerprint density at radius 1 is 1.50 bits per heavy atom. The van der Waals surface area contributed by atoms with E-state index in [0.29, 0.717) is 13.2 Å². The Morgan fingerprint density at radius 2 is 2.45 bits per heavy atom. The average molecular weight is 301 g/mol. The van der Waals surface area contributed by atoms with E-state index in [1.165, 1.54) is 6.33 Å². The zero-order valence-electron chi connectivity index (χ0n) is 12.2. The Hall–Kier alpha value is -2.41. The van der Waals surface area contributed by atoms with Crippen molar-refractivity contribution < 1.29 is 9.53 Å². The minimum absolute atomic E-state index is 0.0114. The van der Waals surface area contributed by atoms with Crippen LogP contribution in [0.4, 0.5) is 5.69 Å². The second-order valence-corrected chi connectivity index (χ2v) is 5.17. The third-order valence-electron chi connectivity index (χ3n) is 3.53. The molecule has 1 fully saturated rings. The number of carbonyl (C=O) groups excluding carboxylic acids is 1. The van der Waals surface area contributed by atoms with E-state index in [2.05, 4.69) is 20.7 Å². The van der Waals surface area contributed by atoms with E-state index in [9.17, 15) is 4.79 Å². The van der Waals surface area contributed by atoms with Gasteiger partial charge in [-0.15, -0.1) is 0 Å². The molecular weight excluding hydrogens is 282 g/mol. The maximum absolute atomic E-state index is 12.1. The molecule has 1 atom stereocenters. The molecule has 0 radical (unpaired) electrons. The van der Waals surface area contributed by atoms with Crippen LogP contribution < -0.4 is 15.4 Å². The number of carbonyl (C=O) groups is 1. The zero-order valence-corrected chi connectivity index (χ0v) is 12.2. The fourth-order valence-electron chi connectivity index (χ4n) is 2.41. The molecule has 116 valence electrons. The highest BCUT2D eigenvalue weighted by Crippen LogP contribution is 2.18. The van der Waals surface area contributed by atoms with E-state index in [-0.39, 0.29) is 11.9 Å². The Bertz CT molecular complexity index is 608. The van der Waals surface area contributed by atoms with Gasteiger partial charge in [-0.25, -0.2) is 9.67 Å². The number of benzene rings is 1. The van der Waals surface area contributed by atoms with Crippen LogP contribution in [-0.2, 0) is 11.3 Å². The quantitative estimate of drug-likeness (QED) is 0.833. The van der Waals surface area contributed by atoms with Crippen molar-refractivity contribution in [3.8, 4) is 5.75 Å². The molecule has 3 rings (SSSR count). The van der Waals surface area contributed by atoms with Gasteiger partial charge >= 0.3 is 0 Å². The van der Waals surface area contributed by atoms with Crippen molar-refractivity contribution in [3.63, 3.8) is 0 Å². The van der Waals surface area contributed by atoms with Crippen LogP contribution in [0.25, 0.3) is 0 Å². The maximum atomic E-state index is 12.1. The third kappa shape index (κ3) is 3.82. The number of nitrogens with zero attached hydrogens (tertiary/aromatic N) is 3. The van der Waals surface area contributed by atoms with Crippen molar-refractivity contribution in [2.24, 2.45) is 0 Å². The summed E-state index contributed by atoms with van der Waals surface area (Å²) in [4.78, 5) is 15.9. The van der Waals surface area contributed by atoms with Gasteiger partial charge in [-0.3, -0.25) is 4.79 Å². The van der Waals surface area contributed by atoms with E-state index >= 15 is 0 Å². The molecule has 0 bridgehead atoms. The van der Waals surface area contributed by atoms with Gasteiger partial charge in [-0.1, -0.05) is 6.07 Å². The van der Waals surface area contributed by atoms with Crippen LogP contribution in [0.2, 0.25) is 0 Å². The van der Waals surface area contributed by atoms with Gasteiger partial charge in [-0.05, 0) is 31.5 Å². The smallest absolute Gasteiger partial charge is 0.241 e. The molecule has 7 nitrogen and oxygen atoms in total. The topological polar surface area (TPSA) is 81.1 Å². The van der Waals surface area contributed by atoms with Gasteiger partial charge in [0, 0.05) is 11.8 Å². The minimum Gasteiger partial charge on any atom is -0.492 e. The Balaban J connectivity index is 1.51.